The molecule has 8 nitrogen and oxygen atoms in total. The first-order valence-electron chi connectivity index (χ1n) is 12.9. The minimum Gasteiger partial charge on any atom is -0.493 e. The molecule has 4 aromatic carbocycles. The zero-order chi connectivity index (χ0) is 31.1. The first kappa shape index (κ1) is 32.3. The van der Waals surface area contributed by atoms with Gasteiger partial charge >= 0.3 is 0 Å². The first-order valence-corrected chi connectivity index (χ1v) is 15.9. The van der Waals surface area contributed by atoms with E-state index >= 15 is 0 Å². The maximum absolute atomic E-state index is 13.6. The van der Waals surface area contributed by atoms with E-state index in [-0.39, 0.29) is 11.5 Å². The number of ether oxygens (including phenoxy) is 2. The second-order valence-electron chi connectivity index (χ2n) is 9.53. The van der Waals surface area contributed by atoms with Crippen molar-refractivity contribution in [2.45, 2.75) is 25.3 Å². The highest BCUT2D eigenvalue weighted by Crippen LogP contribution is 2.37. The summed E-state index contributed by atoms with van der Waals surface area (Å²) in [7, 11) is -2.53. The fraction of sp³-hybridized carbons (Fsp3) is 0.161. The molecule has 43 heavy (non-hydrogen) atoms. The summed E-state index contributed by atoms with van der Waals surface area (Å²) in [4.78, 5) is 13.0. The summed E-state index contributed by atoms with van der Waals surface area (Å²) in [5.41, 5.74) is 5.97. The number of hydrogen-bond acceptors (Lipinski definition) is 6. The van der Waals surface area contributed by atoms with Crippen LogP contribution in [0.4, 0.5) is 5.69 Å². The molecular weight excluding hydrogens is 677 g/mol. The molecule has 0 saturated heterocycles. The van der Waals surface area contributed by atoms with E-state index in [0.717, 1.165) is 21.0 Å². The van der Waals surface area contributed by atoms with E-state index in [0.29, 0.717) is 37.3 Å². The van der Waals surface area contributed by atoms with Crippen molar-refractivity contribution < 1.29 is 22.7 Å². The van der Waals surface area contributed by atoms with Crippen LogP contribution in [-0.4, -0.2) is 34.2 Å². The van der Waals surface area contributed by atoms with Crippen LogP contribution in [0, 0.1) is 13.8 Å². The van der Waals surface area contributed by atoms with Gasteiger partial charge in [-0.05, 0) is 95.0 Å². The molecule has 0 spiro atoms. The molecule has 0 aromatic heterocycles. The molecule has 0 radical (unpaired) electrons. The Bertz CT molecular complexity index is 1770. The summed E-state index contributed by atoms with van der Waals surface area (Å²) in [6.45, 7) is 3.46. The van der Waals surface area contributed by atoms with Gasteiger partial charge in [0.2, 0.25) is 0 Å². The van der Waals surface area contributed by atoms with E-state index in [1.165, 1.54) is 25.5 Å². The number of aryl methyl sites for hydroxylation is 2. The molecular formula is C31H28BrCl2N3O5S. The number of carbonyl (C=O) groups excluding carboxylic acids is 1. The van der Waals surface area contributed by atoms with Crippen molar-refractivity contribution in [1.82, 2.24) is 5.43 Å². The molecule has 0 aliphatic carbocycles. The van der Waals surface area contributed by atoms with Crippen LogP contribution in [-0.2, 0) is 21.4 Å². The van der Waals surface area contributed by atoms with Gasteiger partial charge in [0.05, 0.1) is 38.4 Å². The fourth-order valence-corrected chi connectivity index (χ4v) is 6.33. The second kappa shape index (κ2) is 14.3. The highest BCUT2D eigenvalue weighted by Gasteiger charge is 2.27. The SMILES string of the molecule is COc1cc(/C=N\NC(=O)CN(c2cccc(C)c2)S(=O)(=O)c2ccc(C)cc2)cc(Br)c1OCc1ccc(Cl)c(Cl)c1. The molecule has 224 valence electrons. The molecule has 0 unspecified atom stereocenters. The van der Waals surface area contributed by atoms with Crippen molar-refractivity contribution in [3.8, 4) is 11.5 Å². The van der Waals surface area contributed by atoms with Crippen LogP contribution in [0.3, 0.4) is 0 Å². The number of hydrazone groups is 1. The number of carbonyl (C=O) groups is 1. The maximum Gasteiger partial charge on any atom is 0.264 e. The van der Waals surface area contributed by atoms with Gasteiger partial charge in [0.15, 0.2) is 11.5 Å². The minimum absolute atomic E-state index is 0.0781. The Morgan fingerprint density at radius 2 is 1.72 bits per heavy atom. The Morgan fingerprint density at radius 1 is 0.977 bits per heavy atom. The number of nitrogens with one attached hydrogen (secondary N) is 1. The lowest BCUT2D eigenvalue weighted by molar-refractivity contribution is -0.119. The van der Waals surface area contributed by atoms with E-state index < -0.39 is 22.5 Å². The zero-order valence-corrected chi connectivity index (χ0v) is 27.4. The number of anilines is 1. The van der Waals surface area contributed by atoms with Gasteiger partial charge in [-0.15, -0.1) is 0 Å². The fourth-order valence-electron chi connectivity index (χ4n) is 4.02. The van der Waals surface area contributed by atoms with Gasteiger partial charge in [0.1, 0.15) is 13.2 Å². The van der Waals surface area contributed by atoms with Crippen LogP contribution < -0.4 is 19.2 Å². The van der Waals surface area contributed by atoms with Gasteiger partial charge in [-0.25, -0.2) is 13.8 Å². The third-order valence-electron chi connectivity index (χ3n) is 6.21. The molecule has 0 bridgehead atoms. The molecule has 0 heterocycles. The van der Waals surface area contributed by atoms with Crippen LogP contribution >= 0.6 is 39.1 Å². The van der Waals surface area contributed by atoms with Gasteiger partial charge in [0, 0.05) is 0 Å². The lowest BCUT2D eigenvalue weighted by Gasteiger charge is -2.24. The quantitative estimate of drug-likeness (QED) is 0.131. The van der Waals surface area contributed by atoms with E-state index in [9.17, 15) is 13.2 Å². The number of rotatable bonds is 11. The van der Waals surface area contributed by atoms with Crippen LogP contribution in [0.2, 0.25) is 10.0 Å². The summed E-state index contributed by atoms with van der Waals surface area (Å²) in [5.74, 6) is 0.267. The summed E-state index contributed by atoms with van der Waals surface area (Å²) in [5, 5.41) is 4.92. The van der Waals surface area contributed by atoms with Crippen molar-refractivity contribution in [3.05, 3.63) is 116 Å². The predicted octanol–water partition coefficient (Wildman–Crippen LogP) is 7.31. The van der Waals surface area contributed by atoms with Gasteiger partial charge in [0.25, 0.3) is 15.9 Å². The largest absolute Gasteiger partial charge is 0.493 e. The van der Waals surface area contributed by atoms with Gasteiger partial charge in [-0.3, -0.25) is 9.10 Å². The Labute approximate surface area is 269 Å². The molecule has 4 aromatic rings. The molecule has 12 heteroatoms. The molecule has 1 amide bonds. The molecule has 0 atom stereocenters. The number of halogens is 3. The van der Waals surface area contributed by atoms with Gasteiger partial charge < -0.3 is 9.47 Å². The van der Waals surface area contributed by atoms with Gasteiger partial charge in [-0.2, -0.15) is 5.10 Å². The molecule has 0 aliphatic rings. The lowest BCUT2D eigenvalue weighted by Crippen LogP contribution is -2.39. The first-order chi connectivity index (χ1) is 20.5. The van der Waals surface area contributed by atoms with Crippen molar-refractivity contribution >= 4 is 67.0 Å². The smallest absolute Gasteiger partial charge is 0.264 e. The third kappa shape index (κ3) is 8.29. The normalized spacial score (nSPS) is 11.4. The van der Waals surface area contributed by atoms with Crippen LogP contribution in [0.5, 0.6) is 11.5 Å². The standard InChI is InChI=1S/C31H28BrCl2N3O5S/c1-20-7-10-25(11-8-20)43(39,40)37(24-6-4-5-21(2)13-24)18-30(38)36-35-17-23-14-26(32)31(29(16-23)41-3)42-19-22-9-12-27(33)28(34)15-22/h4-17H,18-19H2,1-3H3,(H,36,38)/b35-17-. The number of amides is 1. The molecule has 0 aliphatic heterocycles. The second-order valence-corrected chi connectivity index (χ2v) is 13.1. The topological polar surface area (TPSA) is 97.3 Å². The molecule has 0 fully saturated rings. The summed E-state index contributed by atoms with van der Waals surface area (Å²) < 4.78 is 40.2. The number of nitrogens with zero attached hydrogens (tertiary/aromatic N) is 2. The average molecular weight is 705 g/mol. The number of methoxy groups -OCH3 is 1. The van der Waals surface area contributed by atoms with E-state index in [4.69, 9.17) is 32.7 Å². The van der Waals surface area contributed by atoms with E-state index in [1.807, 2.05) is 26.0 Å². The monoisotopic (exact) mass is 703 g/mol. The Hall–Kier alpha value is -3.57. The lowest BCUT2D eigenvalue weighted by atomic mass is 10.2. The van der Waals surface area contributed by atoms with Crippen LogP contribution in [0.1, 0.15) is 22.3 Å². The molecule has 1 N–H and O–H groups in total. The van der Waals surface area contributed by atoms with Crippen molar-refractivity contribution in [3.63, 3.8) is 0 Å². The maximum atomic E-state index is 13.6. The summed E-state index contributed by atoms with van der Waals surface area (Å²) >= 11 is 15.6. The van der Waals surface area contributed by atoms with Crippen LogP contribution in [0.15, 0.2) is 93.3 Å². The highest BCUT2D eigenvalue weighted by molar-refractivity contribution is 9.10. The van der Waals surface area contributed by atoms with E-state index in [1.54, 1.807) is 54.6 Å². The summed E-state index contributed by atoms with van der Waals surface area (Å²) in [6, 6.07) is 22.0. The Kier molecular flexibility index (Phi) is 10.7. The Morgan fingerprint density at radius 3 is 2.40 bits per heavy atom. The number of benzene rings is 4. The van der Waals surface area contributed by atoms with Gasteiger partial charge in [-0.1, -0.05) is 59.1 Å². The predicted molar refractivity (Wildman–Crippen MR) is 174 cm³/mol. The summed E-state index contributed by atoms with van der Waals surface area (Å²) in [6.07, 6.45) is 1.42. The zero-order valence-electron chi connectivity index (χ0n) is 23.5. The Balaban J connectivity index is 1.48. The van der Waals surface area contributed by atoms with Crippen molar-refractivity contribution in [2.75, 3.05) is 18.0 Å². The van der Waals surface area contributed by atoms with E-state index in [2.05, 4.69) is 26.5 Å². The number of hydrogen-bond donors (Lipinski definition) is 1. The highest BCUT2D eigenvalue weighted by atomic mass is 79.9. The third-order valence-corrected chi connectivity index (χ3v) is 9.32. The minimum atomic E-state index is -4.04. The molecule has 4 rings (SSSR count). The molecule has 0 saturated carbocycles. The average Bonchev–Trinajstić information content (AvgIpc) is 2.97. The van der Waals surface area contributed by atoms with Crippen molar-refractivity contribution in [1.29, 1.82) is 0 Å². The number of sulfonamides is 1. The van der Waals surface area contributed by atoms with Crippen molar-refractivity contribution in [2.24, 2.45) is 5.10 Å². The van der Waals surface area contributed by atoms with Crippen LogP contribution in [0.25, 0.3) is 0 Å².